The van der Waals surface area contributed by atoms with Gasteiger partial charge in [0.15, 0.2) is 0 Å². The molecular formula is C11H12Cl3NO4S. The first kappa shape index (κ1) is 17.5. The molecular weight excluding hydrogens is 349 g/mol. The van der Waals surface area contributed by atoms with Crippen LogP contribution in [0.4, 0.5) is 0 Å². The van der Waals surface area contributed by atoms with Crippen molar-refractivity contribution in [3.8, 4) is 0 Å². The van der Waals surface area contributed by atoms with Gasteiger partial charge in [-0.25, -0.2) is 8.42 Å². The van der Waals surface area contributed by atoms with Crippen LogP contribution in [0.15, 0.2) is 17.0 Å². The monoisotopic (exact) mass is 359 g/mol. The Labute approximate surface area is 131 Å². The lowest BCUT2D eigenvalue weighted by atomic mass is 10.2. The minimum atomic E-state index is -4.06. The second-order valence-corrected chi connectivity index (χ2v) is 7.21. The van der Waals surface area contributed by atoms with Gasteiger partial charge in [0, 0.05) is 31.4 Å². The van der Waals surface area contributed by atoms with Crippen LogP contribution in [0.2, 0.25) is 10.0 Å². The van der Waals surface area contributed by atoms with Gasteiger partial charge in [0.05, 0.1) is 22.2 Å². The highest BCUT2D eigenvalue weighted by Gasteiger charge is 2.25. The molecule has 0 radical (unpaired) electrons. The minimum Gasteiger partial charge on any atom is -0.383 e. The van der Waals surface area contributed by atoms with Crippen molar-refractivity contribution in [1.82, 2.24) is 4.90 Å². The zero-order valence-corrected chi connectivity index (χ0v) is 13.8. The van der Waals surface area contributed by atoms with Crippen LogP contribution < -0.4 is 0 Å². The Kier molecular flexibility index (Phi) is 6.09. The van der Waals surface area contributed by atoms with Gasteiger partial charge in [-0.15, -0.1) is 0 Å². The molecule has 20 heavy (non-hydrogen) atoms. The normalized spacial score (nSPS) is 11.4. The maximum absolute atomic E-state index is 12.2. The molecule has 1 rings (SSSR count). The summed E-state index contributed by atoms with van der Waals surface area (Å²) in [4.78, 5) is 13.2. The van der Waals surface area contributed by atoms with E-state index in [0.717, 1.165) is 6.07 Å². The largest absolute Gasteiger partial charge is 0.383 e. The highest BCUT2D eigenvalue weighted by Crippen LogP contribution is 2.33. The van der Waals surface area contributed by atoms with Gasteiger partial charge in [-0.3, -0.25) is 4.79 Å². The number of nitrogens with zero attached hydrogens (tertiary/aromatic N) is 1. The molecule has 0 saturated heterocycles. The number of halogens is 3. The lowest BCUT2D eigenvalue weighted by molar-refractivity contribution is 0.0744. The number of carbonyl (C=O) groups excluding carboxylic acids is 1. The standard InChI is InChI=1S/C11H12Cl3NO4S/c1-15(5-6-19-2)11(16)9-7(12)3-4-8(10(9)13)20(14,17)18/h3-4H,5-6H2,1-2H3. The maximum atomic E-state index is 12.2. The lowest BCUT2D eigenvalue weighted by Crippen LogP contribution is -2.30. The van der Waals surface area contributed by atoms with Gasteiger partial charge in [-0.1, -0.05) is 23.2 Å². The smallest absolute Gasteiger partial charge is 0.262 e. The second-order valence-electron chi connectivity index (χ2n) is 3.89. The average molecular weight is 361 g/mol. The summed E-state index contributed by atoms with van der Waals surface area (Å²) in [5.41, 5.74) is -0.103. The summed E-state index contributed by atoms with van der Waals surface area (Å²) in [7, 11) is 4.22. The van der Waals surface area contributed by atoms with Crippen LogP contribution in [-0.2, 0) is 13.8 Å². The van der Waals surface area contributed by atoms with E-state index < -0.39 is 15.0 Å². The first-order chi connectivity index (χ1) is 9.20. The van der Waals surface area contributed by atoms with Gasteiger partial charge in [-0.05, 0) is 12.1 Å². The molecule has 0 aliphatic rings. The van der Waals surface area contributed by atoms with Crippen LogP contribution in [-0.4, -0.2) is 46.5 Å². The number of methoxy groups -OCH3 is 1. The van der Waals surface area contributed by atoms with Crippen LogP contribution in [0.1, 0.15) is 10.4 Å². The Balaban J connectivity index is 3.28. The third-order valence-electron chi connectivity index (χ3n) is 2.51. The Hall–Kier alpha value is -0.530. The van der Waals surface area contributed by atoms with E-state index in [9.17, 15) is 13.2 Å². The second kappa shape index (κ2) is 6.95. The molecule has 0 spiro atoms. The van der Waals surface area contributed by atoms with Gasteiger partial charge in [0.25, 0.3) is 15.0 Å². The summed E-state index contributed by atoms with van der Waals surface area (Å²) in [5, 5.41) is -0.241. The Morgan fingerprint density at radius 1 is 1.35 bits per heavy atom. The minimum absolute atomic E-state index is 0.0494. The molecule has 0 bridgehead atoms. The van der Waals surface area contributed by atoms with Crippen molar-refractivity contribution in [2.75, 3.05) is 27.3 Å². The summed E-state index contributed by atoms with van der Waals surface area (Å²) < 4.78 is 27.6. The van der Waals surface area contributed by atoms with Crippen LogP contribution >= 0.6 is 33.9 Å². The van der Waals surface area contributed by atoms with E-state index in [4.69, 9.17) is 38.6 Å². The number of rotatable bonds is 5. The lowest BCUT2D eigenvalue weighted by Gasteiger charge is -2.18. The maximum Gasteiger partial charge on any atom is 0.262 e. The third-order valence-corrected chi connectivity index (χ3v) is 4.69. The van der Waals surface area contributed by atoms with Crippen LogP contribution in [0.3, 0.4) is 0 Å². The molecule has 1 aromatic rings. The van der Waals surface area contributed by atoms with E-state index >= 15 is 0 Å². The van der Waals surface area contributed by atoms with Crippen molar-refractivity contribution in [3.63, 3.8) is 0 Å². The summed E-state index contributed by atoms with van der Waals surface area (Å²) in [5.74, 6) is -0.515. The Bertz CT molecular complexity index is 618. The third kappa shape index (κ3) is 3.99. The van der Waals surface area contributed by atoms with E-state index in [0.29, 0.717) is 13.2 Å². The van der Waals surface area contributed by atoms with Gasteiger partial charge in [-0.2, -0.15) is 0 Å². The quantitative estimate of drug-likeness (QED) is 0.757. The first-order valence-corrected chi connectivity index (χ1v) is 8.43. The SMILES string of the molecule is COCCN(C)C(=O)c1c(Cl)ccc(S(=O)(=O)Cl)c1Cl. The fraction of sp³-hybridized carbons (Fsp3) is 0.364. The zero-order valence-electron chi connectivity index (χ0n) is 10.7. The van der Waals surface area contributed by atoms with Gasteiger partial charge in [0.1, 0.15) is 4.90 Å². The molecule has 0 atom stereocenters. The van der Waals surface area contributed by atoms with E-state index in [1.54, 1.807) is 0 Å². The van der Waals surface area contributed by atoms with E-state index in [1.165, 1.54) is 25.1 Å². The summed E-state index contributed by atoms with van der Waals surface area (Å²) >= 11 is 11.9. The van der Waals surface area contributed by atoms with Crippen LogP contribution in [0, 0.1) is 0 Å². The molecule has 0 N–H and O–H groups in total. The number of ether oxygens (including phenoxy) is 1. The van der Waals surface area contributed by atoms with E-state index in [2.05, 4.69) is 0 Å². The fourth-order valence-corrected chi connectivity index (χ4v) is 3.33. The molecule has 0 aromatic heterocycles. The summed E-state index contributed by atoms with van der Waals surface area (Å²) in [6.07, 6.45) is 0. The van der Waals surface area contributed by atoms with Crippen LogP contribution in [0.25, 0.3) is 0 Å². The number of likely N-dealkylation sites (N-methyl/N-ethyl adjacent to an activating group) is 1. The zero-order chi connectivity index (χ0) is 15.5. The average Bonchev–Trinajstić information content (AvgIpc) is 2.34. The molecule has 0 fully saturated rings. The van der Waals surface area contributed by atoms with E-state index in [-0.39, 0.29) is 20.5 Å². The molecule has 9 heteroatoms. The molecule has 1 amide bonds. The Morgan fingerprint density at radius 2 is 1.95 bits per heavy atom. The number of benzene rings is 1. The molecule has 1 aromatic carbocycles. The van der Waals surface area contributed by atoms with Crippen molar-refractivity contribution in [2.45, 2.75) is 4.90 Å². The number of hydrogen-bond donors (Lipinski definition) is 0. The predicted molar refractivity (Wildman–Crippen MR) is 78.3 cm³/mol. The van der Waals surface area contributed by atoms with Crippen molar-refractivity contribution >= 4 is 48.8 Å². The molecule has 0 saturated carbocycles. The van der Waals surface area contributed by atoms with Gasteiger partial charge < -0.3 is 9.64 Å². The molecule has 0 aliphatic heterocycles. The van der Waals surface area contributed by atoms with Gasteiger partial charge >= 0.3 is 0 Å². The topological polar surface area (TPSA) is 63.7 Å². The number of carbonyl (C=O) groups is 1. The van der Waals surface area contributed by atoms with Crippen LogP contribution in [0.5, 0.6) is 0 Å². The van der Waals surface area contributed by atoms with Crippen molar-refractivity contribution in [2.24, 2.45) is 0 Å². The van der Waals surface area contributed by atoms with E-state index in [1.807, 2.05) is 0 Å². The summed E-state index contributed by atoms with van der Waals surface area (Å²) in [6.45, 7) is 0.630. The fourth-order valence-electron chi connectivity index (χ4n) is 1.44. The summed E-state index contributed by atoms with van der Waals surface area (Å²) in [6, 6.07) is 2.42. The molecule has 0 heterocycles. The van der Waals surface area contributed by atoms with Crippen molar-refractivity contribution in [1.29, 1.82) is 0 Å². The van der Waals surface area contributed by atoms with Crippen molar-refractivity contribution in [3.05, 3.63) is 27.7 Å². The van der Waals surface area contributed by atoms with Gasteiger partial charge in [0.2, 0.25) is 0 Å². The highest BCUT2D eigenvalue weighted by atomic mass is 35.7. The predicted octanol–water partition coefficient (Wildman–Crippen LogP) is 2.64. The van der Waals surface area contributed by atoms with Crippen molar-refractivity contribution < 1.29 is 17.9 Å². The first-order valence-electron chi connectivity index (χ1n) is 5.37. The number of hydrogen-bond acceptors (Lipinski definition) is 4. The molecule has 112 valence electrons. The molecule has 0 aliphatic carbocycles. The number of amides is 1. The molecule has 0 unspecified atom stereocenters. The molecule has 5 nitrogen and oxygen atoms in total. The highest BCUT2D eigenvalue weighted by molar-refractivity contribution is 8.13. The Morgan fingerprint density at radius 3 is 2.45 bits per heavy atom.